The van der Waals surface area contributed by atoms with E-state index in [1.54, 1.807) is 4.68 Å². The van der Waals surface area contributed by atoms with Crippen LogP contribution in [0.1, 0.15) is 32.0 Å². The third-order valence-corrected chi connectivity index (χ3v) is 2.71. The fourth-order valence-electron chi connectivity index (χ4n) is 1.13. The summed E-state index contributed by atoms with van der Waals surface area (Å²) in [5, 5.41) is 13.2. The molecule has 4 heteroatoms. The molecule has 0 spiro atoms. The molecule has 0 saturated carbocycles. The zero-order valence-corrected chi connectivity index (χ0v) is 9.81. The molecule has 0 aliphatic heterocycles. The van der Waals surface area contributed by atoms with Gasteiger partial charge in [-0.2, -0.15) is 10.4 Å². The van der Waals surface area contributed by atoms with Crippen molar-refractivity contribution in [1.82, 2.24) is 9.78 Å². The highest BCUT2D eigenvalue weighted by Gasteiger charge is 2.24. The molecule has 3 nitrogen and oxygen atoms in total. The highest BCUT2D eigenvalue weighted by Crippen LogP contribution is 2.28. The number of aromatic nitrogens is 2. The number of halogens is 1. The Kier molecular flexibility index (Phi) is 2.49. The van der Waals surface area contributed by atoms with E-state index < -0.39 is 0 Å². The van der Waals surface area contributed by atoms with Crippen molar-refractivity contribution in [2.45, 2.75) is 26.2 Å². The molecule has 0 amide bonds. The number of nitriles is 1. The largest absolute Gasteiger partial charge is 0.260 e. The molecule has 1 heterocycles. The highest BCUT2D eigenvalue weighted by atomic mass is 79.9. The summed E-state index contributed by atoms with van der Waals surface area (Å²) >= 11 is 3.33. The third-order valence-electron chi connectivity index (χ3n) is 1.80. The highest BCUT2D eigenvalue weighted by molar-refractivity contribution is 9.10. The Morgan fingerprint density at radius 1 is 1.46 bits per heavy atom. The summed E-state index contributed by atoms with van der Waals surface area (Å²) in [4.78, 5) is 0. The molecule has 0 aromatic carbocycles. The van der Waals surface area contributed by atoms with Crippen LogP contribution in [0.2, 0.25) is 0 Å². The van der Waals surface area contributed by atoms with Crippen molar-refractivity contribution in [2.75, 3.05) is 0 Å². The average Bonchev–Trinajstić information content (AvgIpc) is 2.28. The fraction of sp³-hybridized carbons (Fsp3) is 0.556. The van der Waals surface area contributed by atoms with Crippen LogP contribution in [0.3, 0.4) is 0 Å². The van der Waals surface area contributed by atoms with Crippen LogP contribution < -0.4 is 0 Å². The van der Waals surface area contributed by atoms with Crippen molar-refractivity contribution in [1.29, 1.82) is 5.26 Å². The fourth-order valence-corrected chi connectivity index (χ4v) is 1.48. The zero-order valence-electron chi connectivity index (χ0n) is 8.22. The van der Waals surface area contributed by atoms with Crippen LogP contribution >= 0.6 is 15.9 Å². The Hall–Kier alpha value is -0.820. The van der Waals surface area contributed by atoms with E-state index in [9.17, 15) is 0 Å². The molecular formula is C9H12BrN3. The molecule has 13 heavy (non-hydrogen) atoms. The molecular weight excluding hydrogens is 230 g/mol. The number of hydrogen-bond donors (Lipinski definition) is 0. The van der Waals surface area contributed by atoms with E-state index in [2.05, 4.69) is 27.1 Å². The maximum atomic E-state index is 8.94. The van der Waals surface area contributed by atoms with Crippen LogP contribution in [-0.2, 0) is 12.5 Å². The summed E-state index contributed by atoms with van der Waals surface area (Å²) in [6.45, 7) is 6.13. The van der Waals surface area contributed by atoms with Crippen molar-refractivity contribution in [2.24, 2.45) is 7.05 Å². The minimum Gasteiger partial charge on any atom is -0.260 e. The Morgan fingerprint density at radius 2 is 2.00 bits per heavy atom. The number of nitrogens with zero attached hydrogens (tertiary/aromatic N) is 3. The second kappa shape index (κ2) is 3.15. The SMILES string of the molecule is Cn1nc(C(C)(C)C)c(C#N)c1Br. The van der Waals surface area contributed by atoms with Crippen LogP contribution in [0.15, 0.2) is 4.60 Å². The van der Waals surface area contributed by atoms with Crippen molar-refractivity contribution in [3.05, 3.63) is 15.9 Å². The molecule has 0 fully saturated rings. The first-order valence-electron chi connectivity index (χ1n) is 4.01. The molecule has 0 unspecified atom stereocenters. The van der Waals surface area contributed by atoms with Gasteiger partial charge < -0.3 is 0 Å². The quantitative estimate of drug-likeness (QED) is 0.700. The van der Waals surface area contributed by atoms with E-state index in [1.165, 1.54) is 0 Å². The average molecular weight is 242 g/mol. The Morgan fingerprint density at radius 3 is 2.31 bits per heavy atom. The van der Waals surface area contributed by atoms with Gasteiger partial charge in [-0.15, -0.1) is 0 Å². The molecule has 0 radical (unpaired) electrons. The molecule has 0 N–H and O–H groups in total. The first kappa shape index (κ1) is 10.3. The first-order valence-corrected chi connectivity index (χ1v) is 4.80. The summed E-state index contributed by atoms with van der Waals surface area (Å²) in [5.74, 6) is 0. The van der Waals surface area contributed by atoms with Crippen LogP contribution in [0, 0.1) is 11.3 Å². The van der Waals surface area contributed by atoms with Gasteiger partial charge in [-0.1, -0.05) is 20.8 Å². The number of rotatable bonds is 0. The number of aryl methyl sites for hydroxylation is 1. The van der Waals surface area contributed by atoms with Crippen LogP contribution in [-0.4, -0.2) is 9.78 Å². The molecule has 1 rings (SSSR count). The Balaban J connectivity index is 3.41. The minimum atomic E-state index is -0.0884. The van der Waals surface area contributed by atoms with Crippen LogP contribution in [0.4, 0.5) is 0 Å². The standard InChI is InChI=1S/C9H12BrN3/c1-9(2,3)7-6(5-11)8(10)13(4)12-7/h1-4H3. The Labute approximate surface area is 86.5 Å². The van der Waals surface area contributed by atoms with Gasteiger partial charge in [0.05, 0.1) is 5.69 Å². The van der Waals surface area contributed by atoms with Gasteiger partial charge in [-0.25, -0.2) is 0 Å². The monoisotopic (exact) mass is 241 g/mol. The van der Waals surface area contributed by atoms with E-state index in [4.69, 9.17) is 5.26 Å². The van der Waals surface area contributed by atoms with Crippen LogP contribution in [0.25, 0.3) is 0 Å². The maximum Gasteiger partial charge on any atom is 0.121 e. The van der Waals surface area contributed by atoms with Gasteiger partial charge in [0, 0.05) is 12.5 Å². The maximum absolute atomic E-state index is 8.94. The molecule has 0 bridgehead atoms. The van der Waals surface area contributed by atoms with E-state index in [0.717, 1.165) is 10.3 Å². The summed E-state index contributed by atoms with van der Waals surface area (Å²) in [5.41, 5.74) is 1.38. The lowest BCUT2D eigenvalue weighted by Gasteiger charge is -2.14. The molecule has 0 aliphatic carbocycles. The molecule has 1 aromatic heterocycles. The lowest BCUT2D eigenvalue weighted by atomic mass is 9.90. The van der Waals surface area contributed by atoms with E-state index in [0.29, 0.717) is 5.56 Å². The number of hydrogen-bond acceptors (Lipinski definition) is 2. The van der Waals surface area contributed by atoms with Gasteiger partial charge in [-0.05, 0) is 15.9 Å². The van der Waals surface area contributed by atoms with Gasteiger partial charge in [0.1, 0.15) is 16.2 Å². The van der Waals surface area contributed by atoms with Crippen LogP contribution in [0.5, 0.6) is 0 Å². The Bertz CT molecular complexity index is 365. The summed E-state index contributed by atoms with van der Waals surface area (Å²) < 4.78 is 2.43. The lowest BCUT2D eigenvalue weighted by Crippen LogP contribution is -2.14. The normalized spacial score (nSPS) is 11.4. The van der Waals surface area contributed by atoms with Gasteiger partial charge >= 0.3 is 0 Å². The van der Waals surface area contributed by atoms with Gasteiger partial charge in [0.2, 0.25) is 0 Å². The third kappa shape index (κ3) is 1.75. The second-order valence-electron chi connectivity index (χ2n) is 4.00. The van der Waals surface area contributed by atoms with E-state index >= 15 is 0 Å². The van der Waals surface area contributed by atoms with Crippen molar-refractivity contribution >= 4 is 15.9 Å². The van der Waals surface area contributed by atoms with Gasteiger partial charge in [0.15, 0.2) is 0 Å². The van der Waals surface area contributed by atoms with Crippen molar-refractivity contribution < 1.29 is 0 Å². The summed E-state index contributed by atoms with van der Waals surface area (Å²) in [7, 11) is 1.82. The van der Waals surface area contributed by atoms with Crippen molar-refractivity contribution in [3.8, 4) is 6.07 Å². The zero-order chi connectivity index (χ0) is 10.2. The topological polar surface area (TPSA) is 41.6 Å². The molecule has 0 atom stereocenters. The predicted octanol–water partition coefficient (Wildman–Crippen LogP) is 2.35. The van der Waals surface area contributed by atoms with Gasteiger partial charge in [-0.3, -0.25) is 4.68 Å². The van der Waals surface area contributed by atoms with E-state index in [1.807, 2.05) is 27.8 Å². The second-order valence-corrected chi connectivity index (χ2v) is 4.75. The van der Waals surface area contributed by atoms with Crippen molar-refractivity contribution in [3.63, 3.8) is 0 Å². The molecule has 0 aliphatic rings. The molecule has 70 valence electrons. The smallest absolute Gasteiger partial charge is 0.121 e. The van der Waals surface area contributed by atoms with E-state index in [-0.39, 0.29) is 5.41 Å². The summed E-state index contributed by atoms with van der Waals surface area (Å²) in [6.07, 6.45) is 0. The molecule has 0 saturated heterocycles. The minimum absolute atomic E-state index is 0.0884. The predicted molar refractivity (Wildman–Crippen MR) is 54.3 cm³/mol. The molecule has 1 aromatic rings. The van der Waals surface area contributed by atoms with Gasteiger partial charge in [0.25, 0.3) is 0 Å². The lowest BCUT2D eigenvalue weighted by molar-refractivity contribution is 0.551. The summed E-state index contributed by atoms with van der Waals surface area (Å²) in [6, 6.07) is 2.16. The first-order chi connectivity index (χ1) is 5.88.